The maximum absolute atomic E-state index is 5.82. The molecule has 0 unspecified atom stereocenters. The van der Waals surface area contributed by atoms with E-state index in [4.69, 9.17) is 16.3 Å². The smallest absolute Gasteiger partial charge is 0.191 e. The number of nitrogens with one attached hydrogen (secondary N) is 2. The van der Waals surface area contributed by atoms with Crippen LogP contribution in [-0.4, -0.2) is 40.9 Å². The molecule has 9 heteroatoms. The maximum atomic E-state index is 5.82. The second-order valence-corrected chi connectivity index (χ2v) is 4.89. The van der Waals surface area contributed by atoms with Crippen molar-refractivity contribution in [3.63, 3.8) is 0 Å². The monoisotopic (exact) mass is 450 g/mol. The van der Waals surface area contributed by atoms with Crippen molar-refractivity contribution in [2.45, 2.75) is 6.54 Å². The minimum Gasteiger partial charge on any atom is -0.492 e. The van der Waals surface area contributed by atoms with Crippen LogP contribution in [0.15, 0.2) is 35.6 Å². The van der Waals surface area contributed by atoms with E-state index in [2.05, 4.69) is 25.7 Å². The van der Waals surface area contributed by atoms with Gasteiger partial charge in [0.15, 0.2) is 5.96 Å². The largest absolute Gasteiger partial charge is 0.492 e. The van der Waals surface area contributed by atoms with Gasteiger partial charge in [-0.3, -0.25) is 9.67 Å². The van der Waals surface area contributed by atoms with Gasteiger partial charge < -0.3 is 15.4 Å². The van der Waals surface area contributed by atoms with Gasteiger partial charge in [-0.25, -0.2) is 4.98 Å². The first-order valence-electron chi connectivity index (χ1n) is 6.85. The fourth-order valence-electron chi connectivity index (χ4n) is 1.73. The summed E-state index contributed by atoms with van der Waals surface area (Å²) in [4.78, 5) is 8.27. The van der Waals surface area contributed by atoms with Crippen molar-refractivity contribution >= 4 is 41.5 Å². The quantitative estimate of drug-likeness (QED) is 0.304. The molecule has 0 atom stereocenters. The van der Waals surface area contributed by atoms with E-state index in [1.165, 1.54) is 6.33 Å². The van der Waals surface area contributed by atoms with Gasteiger partial charge in [-0.1, -0.05) is 11.6 Å². The lowest BCUT2D eigenvalue weighted by molar-refractivity contribution is 0.322. The van der Waals surface area contributed by atoms with Gasteiger partial charge in [-0.2, -0.15) is 5.10 Å². The standard InChI is InChI=1S/C14H19ClN6O.HI/c1-16-14(18-9-13-19-10-20-21(13)2)17-7-8-22-12-5-3-11(15)4-6-12;/h3-6,10H,7-9H2,1-2H3,(H2,16,17,18);1H. The lowest BCUT2D eigenvalue weighted by Crippen LogP contribution is -2.39. The van der Waals surface area contributed by atoms with Crippen LogP contribution < -0.4 is 15.4 Å². The molecule has 0 bridgehead atoms. The summed E-state index contributed by atoms with van der Waals surface area (Å²) in [5, 5.41) is 11.0. The molecule has 0 spiro atoms. The molecule has 1 aromatic carbocycles. The normalized spacial score (nSPS) is 10.8. The highest BCUT2D eigenvalue weighted by Gasteiger charge is 2.02. The molecule has 7 nitrogen and oxygen atoms in total. The maximum Gasteiger partial charge on any atom is 0.191 e. The summed E-state index contributed by atoms with van der Waals surface area (Å²) in [6.45, 7) is 1.70. The summed E-state index contributed by atoms with van der Waals surface area (Å²) in [6, 6.07) is 7.27. The van der Waals surface area contributed by atoms with E-state index in [1.807, 2.05) is 19.2 Å². The van der Waals surface area contributed by atoms with Crippen LogP contribution in [0.5, 0.6) is 5.75 Å². The fraction of sp³-hybridized carbons (Fsp3) is 0.357. The number of guanidine groups is 1. The first-order valence-corrected chi connectivity index (χ1v) is 7.22. The van der Waals surface area contributed by atoms with Gasteiger partial charge in [-0.15, -0.1) is 24.0 Å². The molecule has 0 amide bonds. The van der Waals surface area contributed by atoms with Crippen molar-refractivity contribution in [1.29, 1.82) is 0 Å². The van der Waals surface area contributed by atoms with E-state index in [-0.39, 0.29) is 24.0 Å². The van der Waals surface area contributed by atoms with Gasteiger partial charge in [0.2, 0.25) is 0 Å². The molecular weight excluding hydrogens is 431 g/mol. The molecule has 1 aromatic heterocycles. The zero-order valence-corrected chi connectivity index (χ0v) is 16.1. The summed E-state index contributed by atoms with van der Waals surface area (Å²) >= 11 is 5.82. The van der Waals surface area contributed by atoms with Gasteiger partial charge in [0.1, 0.15) is 24.5 Å². The summed E-state index contributed by atoms with van der Waals surface area (Å²) in [7, 11) is 3.56. The second-order valence-electron chi connectivity index (χ2n) is 4.45. The predicted octanol–water partition coefficient (Wildman–Crippen LogP) is 1.83. The summed E-state index contributed by atoms with van der Waals surface area (Å²) < 4.78 is 7.31. The third-order valence-corrected chi connectivity index (χ3v) is 3.17. The highest BCUT2D eigenvalue weighted by molar-refractivity contribution is 14.0. The predicted molar refractivity (Wildman–Crippen MR) is 102 cm³/mol. The van der Waals surface area contributed by atoms with Crippen LogP contribution in [0.4, 0.5) is 0 Å². The minimum absolute atomic E-state index is 0. The number of rotatable bonds is 6. The zero-order valence-electron chi connectivity index (χ0n) is 13.0. The summed E-state index contributed by atoms with van der Waals surface area (Å²) in [5.41, 5.74) is 0. The first-order chi connectivity index (χ1) is 10.7. The molecule has 2 rings (SSSR count). The molecule has 0 saturated carbocycles. The van der Waals surface area contributed by atoms with E-state index in [9.17, 15) is 0 Å². The van der Waals surface area contributed by atoms with Crippen molar-refractivity contribution < 1.29 is 4.74 Å². The average Bonchev–Trinajstić information content (AvgIpc) is 2.93. The second kappa shape index (κ2) is 10.3. The number of hydrogen-bond donors (Lipinski definition) is 2. The molecule has 2 N–H and O–H groups in total. The number of hydrogen-bond acceptors (Lipinski definition) is 4. The van der Waals surface area contributed by atoms with Crippen LogP contribution in [-0.2, 0) is 13.6 Å². The number of halogens is 2. The number of ether oxygens (including phenoxy) is 1. The average molecular weight is 451 g/mol. The molecule has 0 aliphatic heterocycles. The first kappa shape index (κ1) is 19.5. The topological polar surface area (TPSA) is 76.4 Å². The lowest BCUT2D eigenvalue weighted by Gasteiger charge is -2.12. The summed E-state index contributed by atoms with van der Waals surface area (Å²) in [5.74, 6) is 2.30. The SMILES string of the molecule is CN=C(NCCOc1ccc(Cl)cc1)NCc1ncnn1C.I. The van der Waals surface area contributed by atoms with Crippen molar-refractivity contribution in [3.8, 4) is 5.75 Å². The Hall–Kier alpha value is -1.55. The number of aromatic nitrogens is 3. The Labute approximate surface area is 157 Å². The van der Waals surface area contributed by atoms with Crippen molar-refractivity contribution in [2.24, 2.45) is 12.0 Å². The van der Waals surface area contributed by atoms with Crippen molar-refractivity contribution in [3.05, 3.63) is 41.4 Å². The van der Waals surface area contributed by atoms with E-state index >= 15 is 0 Å². The van der Waals surface area contributed by atoms with Crippen molar-refractivity contribution in [2.75, 3.05) is 20.2 Å². The van der Waals surface area contributed by atoms with Crippen LogP contribution in [0.3, 0.4) is 0 Å². The van der Waals surface area contributed by atoms with Gasteiger partial charge in [0, 0.05) is 19.1 Å². The Kier molecular flexibility index (Phi) is 8.70. The van der Waals surface area contributed by atoms with Gasteiger partial charge in [0.25, 0.3) is 0 Å². The Morgan fingerprint density at radius 3 is 2.65 bits per heavy atom. The highest BCUT2D eigenvalue weighted by Crippen LogP contribution is 2.14. The van der Waals surface area contributed by atoms with E-state index in [0.29, 0.717) is 30.7 Å². The third kappa shape index (κ3) is 6.61. The lowest BCUT2D eigenvalue weighted by atomic mass is 10.3. The Bertz CT molecular complexity index is 616. The van der Waals surface area contributed by atoms with E-state index in [0.717, 1.165) is 11.6 Å². The molecule has 2 aromatic rings. The van der Waals surface area contributed by atoms with E-state index < -0.39 is 0 Å². The Morgan fingerprint density at radius 2 is 2.04 bits per heavy atom. The Balaban J connectivity index is 0.00000264. The molecule has 0 fully saturated rings. The van der Waals surface area contributed by atoms with Crippen LogP contribution in [0.2, 0.25) is 5.02 Å². The molecule has 0 radical (unpaired) electrons. The minimum atomic E-state index is 0. The zero-order chi connectivity index (χ0) is 15.8. The van der Waals surface area contributed by atoms with Crippen molar-refractivity contribution in [1.82, 2.24) is 25.4 Å². The fourth-order valence-corrected chi connectivity index (χ4v) is 1.86. The van der Waals surface area contributed by atoms with Crippen LogP contribution in [0.1, 0.15) is 5.82 Å². The summed E-state index contributed by atoms with van der Waals surface area (Å²) in [6.07, 6.45) is 1.52. The van der Waals surface area contributed by atoms with Gasteiger partial charge in [-0.05, 0) is 24.3 Å². The number of nitrogens with zero attached hydrogens (tertiary/aromatic N) is 4. The molecular formula is C14H20ClIN6O. The highest BCUT2D eigenvalue weighted by atomic mass is 127. The Morgan fingerprint density at radius 1 is 1.30 bits per heavy atom. The van der Waals surface area contributed by atoms with Crippen LogP contribution >= 0.6 is 35.6 Å². The molecule has 1 heterocycles. The third-order valence-electron chi connectivity index (χ3n) is 2.92. The number of benzene rings is 1. The molecule has 0 aliphatic carbocycles. The van der Waals surface area contributed by atoms with Gasteiger partial charge >= 0.3 is 0 Å². The molecule has 126 valence electrons. The molecule has 23 heavy (non-hydrogen) atoms. The molecule has 0 aliphatic rings. The van der Waals surface area contributed by atoms with Gasteiger partial charge in [0.05, 0.1) is 13.1 Å². The van der Waals surface area contributed by atoms with E-state index in [1.54, 1.807) is 23.9 Å². The van der Waals surface area contributed by atoms with Crippen LogP contribution in [0.25, 0.3) is 0 Å². The van der Waals surface area contributed by atoms with Crippen LogP contribution in [0, 0.1) is 0 Å². The molecule has 0 saturated heterocycles. The number of aliphatic imine (C=N–C) groups is 1. The number of aryl methyl sites for hydroxylation is 1.